The second-order valence-electron chi connectivity index (χ2n) is 3.85. The Balaban J connectivity index is 3.17. The Morgan fingerprint density at radius 1 is 1.40 bits per heavy atom. The monoisotopic (exact) mass is 313 g/mol. The number of nitro benzene ring substituents is 1. The van der Waals surface area contributed by atoms with Gasteiger partial charge in [-0.1, -0.05) is 0 Å². The molecule has 7 nitrogen and oxygen atoms in total. The molecule has 0 amide bonds. The van der Waals surface area contributed by atoms with Crippen molar-refractivity contribution < 1.29 is 26.5 Å². The third kappa shape index (κ3) is 3.57. The maximum Gasteiger partial charge on any atom is 0.402 e. The summed E-state index contributed by atoms with van der Waals surface area (Å²) < 4.78 is 60.3. The molecule has 112 valence electrons. The zero-order valence-corrected chi connectivity index (χ0v) is 10.9. The van der Waals surface area contributed by atoms with Crippen LogP contribution in [0.2, 0.25) is 0 Å². The van der Waals surface area contributed by atoms with Crippen LogP contribution in [0.4, 0.5) is 24.5 Å². The van der Waals surface area contributed by atoms with E-state index in [2.05, 4.69) is 0 Å². The lowest BCUT2D eigenvalue weighted by Crippen LogP contribution is -2.35. The van der Waals surface area contributed by atoms with Gasteiger partial charge in [-0.3, -0.25) is 10.1 Å². The minimum Gasteiger partial charge on any atom is -0.393 e. The number of nitro groups is 1. The Kier molecular flexibility index (Phi) is 4.24. The predicted molar refractivity (Wildman–Crippen MR) is 63.4 cm³/mol. The van der Waals surface area contributed by atoms with E-state index in [1.165, 1.54) is 0 Å². The standard InChI is InChI=1S/C9H10F3N3O4S/c1-14(5-9(10,11)12)20(18,19)6-2-3-8(15(16)17)7(13)4-6/h2-4H,5,13H2,1H3. The number of anilines is 1. The van der Waals surface area contributed by atoms with Crippen molar-refractivity contribution in [3.63, 3.8) is 0 Å². The van der Waals surface area contributed by atoms with Gasteiger partial charge in [0.25, 0.3) is 5.69 Å². The molecule has 0 heterocycles. The quantitative estimate of drug-likeness (QED) is 0.513. The minimum absolute atomic E-state index is 0.0909. The van der Waals surface area contributed by atoms with Crippen molar-refractivity contribution in [1.82, 2.24) is 4.31 Å². The van der Waals surface area contributed by atoms with Crippen molar-refractivity contribution in [2.24, 2.45) is 0 Å². The van der Waals surface area contributed by atoms with Crippen molar-refractivity contribution in [3.05, 3.63) is 28.3 Å². The summed E-state index contributed by atoms with van der Waals surface area (Å²) in [6.07, 6.45) is -4.70. The van der Waals surface area contributed by atoms with Gasteiger partial charge >= 0.3 is 6.18 Å². The van der Waals surface area contributed by atoms with Gasteiger partial charge in [0, 0.05) is 13.1 Å². The third-order valence-corrected chi connectivity index (χ3v) is 4.11. The van der Waals surface area contributed by atoms with E-state index in [-0.39, 0.29) is 4.31 Å². The van der Waals surface area contributed by atoms with Crippen molar-refractivity contribution in [2.45, 2.75) is 11.1 Å². The molecule has 0 bridgehead atoms. The van der Waals surface area contributed by atoms with Crippen LogP contribution in [0.25, 0.3) is 0 Å². The van der Waals surface area contributed by atoms with Gasteiger partial charge in [-0.2, -0.15) is 17.5 Å². The molecular formula is C9H10F3N3O4S. The number of nitrogens with two attached hydrogens (primary N) is 1. The highest BCUT2D eigenvalue weighted by atomic mass is 32.2. The second kappa shape index (κ2) is 5.25. The van der Waals surface area contributed by atoms with Gasteiger partial charge in [-0.15, -0.1) is 0 Å². The number of hydrogen-bond acceptors (Lipinski definition) is 5. The molecule has 1 aromatic rings. The second-order valence-corrected chi connectivity index (χ2v) is 5.90. The Bertz CT molecular complexity index is 630. The smallest absolute Gasteiger partial charge is 0.393 e. The van der Waals surface area contributed by atoms with E-state index in [9.17, 15) is 31.7 Å². The van der Waals surface area contributed by atoms with E-state index in [0.717, 1.165) is 25.2 Å². The normalized spacial score (nSPS) is 12.7. The number of nitrogen functional groups attached to an aromatic ring is 1. The highest BCUT2D eigenvalue weighted by molar-refractivity contribution is 7.89. The van der Waals surface area contributed by atoms with Crippen molar-refractivity contribution in [3.8, 4) is 0 Å². The van der Waals surface area contributed by atoms with Crippen LogP contribution < -0.4 is 5.73 Å². The molecule has 0 aromatic heterocycles. The summed E-state index contributed by atoms with van der Waals surface area (Å²) >= 11 is 0. The highest BCUT2D eigenvalue weighted by Crippen LogP contribution is 2.27. The molecule has 0 saturated carbocycles. The predicted octanol–water partition coefficient (Wildman–Crippen LogP) is 1.36. The molecule has 0 spiro atoms. The van der Waals surface area contributed by atoms with E-state index >= 15 is 0 Å². The Labute approximate surface area is 112 Å². The fraction of sp³-hybridized carbons (Fsp3) is 0.333. The van der Waals surface area contributed by atoms with E-state index in [1.807, 2.05) is 0 Å². The van der Waals surface area contributed by atoms with Crippen LogP contribution in [0.5, 0.6) is 0 Å². The van der Waals surface area contributed by atoms with Crippen LogP contribution in [0.3, 0.4) is 0 Å². The van der Waals surface area contributed by atoms with Crippen LogP contribution in [0, 0.1) is 10.1 Å². The molecule has 0 aliphatic heterocycles. The first-order chi connectivity index (χ1) is 8.95. The van der Waals surface area contributed by atoms with E-state index in [1.54, 1.807) is 0 Å². The Hall–Kier alpha value is -1.88. The average Bonchev–Trinajstić information content (AvgIpc) is 2.25. The molecule has 20 heavy (non-hydrogen) atoms. The van der Waals surface area contributed by atoms with Gasteiger partial charge in [0.1, 0.15) is 12.2 Å². The van der Waals surface area contributed by atoms with Crippen molar-refractivity contribution in [2.75, 3.05) is 19.3 Å². The molecule has 0 radical (unpaired) electrons. The van der Waals surface area contributed by atoms with Gasteiger partial charge < -0.3 is 5.73 Å². The molecule has 0 atom stereocenters. The Morgan fingerprint density at radius 2 is 1.95 bits per heavy atom. The molecule has 1 aromatic carbocycles. The van der Waals surface area contributed by atoms with Crippen LogP contribution in [-0.4, -0.2) is 37.4 Å². The summed E-state index contributed by atoms with van der Waals surface area (Å²) in [7, 11) is -3.68. The number of rotatable bonds is 4. The first-order valence-corrected chi connectivity index (χ1v) is 6.46. The molecule has 0 unspecified atom stereocenters. The van der Waals surface area contributed by atoms with Crippen molar-refractivity contribution in [1.29, 1.82) is 0 Å². The van der Waals surface area contributed by atoms with E-state index in [0.29, 0.717) is 0 Å². The number of benzene rings is 1. The number of sulfonamides is 1. The highest BCUT2D eigenvalue weighted by Gasteiger charge is 2.35. The summed E-state index contributed by atoms with van der Waals surface area (Å²) in [5, 5.41) is 10.5. The lowest BCUT2D eigenvalue weighted by atomic mass is 10.3. The zero-order chi connectivity index (χ0) is 15.7. The fourth-order valence-corrected chi connectivity index (χ4v) is 2.57. The minimum atomic E-state index is -4.70. The number of halogens is 3. The lowest BCUT2D eigenvalue weighted by Gasteiger charge is -2.18. The SMILES string of the molecule is CN(CC(F)(F)F)S(=O)(=O)c1ccc([N+](=O)[O-])c(N)c1. The molecule has 0 saturated heterocycles. The van der Waals surface area contributed by atoms with Crippen LogP contribution in [0.15, 0.2) is 23.1 Å². The largest absolute Gasteiger partial charge is 0.402 e. The van der Waals surface area contributed by atoms with Crippen LogP contribution in [0.1, 0.15) is 0 Å². The summed E-state index contributed by atoms with van der Waals surface area (Å²) in [6, 6.07) is 2.40. The molecule has 0 fully saturated rings. The topological polar surface area (TPSA) is 107 Å². The first-order valence-electron chi connectivity index (χ1n) is 5.02. The Morgan fingerprint density at radius 3 is 2.35 bits per heavy atom. The number of hydrogen-bond donors (Lipinski definition) is 1. The number of alkyl halides is 3. The molecule has 2 N–H and O–H groups in total. The summed E-state index contributed by atoms with van der Waals surface area (Å²) in [5.41, 5.74) is 4.33. The lowest BCUT2D eigenvalue weighted by molar-refractivity contribution is -0.383. The molecule has 0 aliphatic carbocycles. The molecule has 0 aliphatic rings. The summed E-state index contributed by atoms with van der Waals surface area (Å²) in [4.78, 5) is 9.14. The third-order valence-electron chi connectivity index (χ3n) is 2.31. The maximum absolute atomic E-state index is 12.2. The summed E-state index contributed by atoms with van der Waals surface area (Å²) in [6.45, 7) is -1.67. The van der Waals surface area contributed by atoms with Gasteiger partial charge in [0.05, 0.1) is 9.82 Å². The molecule has 11 heteroatoms. The van der Waals surface area contributed by atoms with Gasteiger partial charge in [0.2, 0.25) is 10.0 Å². The summed E-state index contributed by atoms with van der Waals surface area (Å²) in [5.74, 6) is 0. The van der Waals surface area contributed by atoms with Gasteiger partial charge in [-0.25, -0.2) is 8.42 Å². The van der Waals surface area contributed by atoms with Gasteiger partial charge in [0.15, 0.2) is 0 Å². The fourth-order valence-electron chi connectivity index (χ4n) is 1.38. The zero-order valence-electron chi connectivity index (χ0n) is 10.1. The van der Waals surface area contributed by atoms with E-state index in [4.69, 9.17) is 5.73 Å². The van der Waals surface area contributed by atoms with Crippen LogP contribution >= 0.6 is 0 Å². The van der Waals surface area contributed by atoms with E-state index < -0.39 is 43.9 Å². The first kappa shape index (κ1) is 16.2. The van der Waals surface area contributed by atoms with Crippen LogP contribution in [-0.2, 0) is 10.0 Å². The van der Waals surface area contributed by atoms with Gasteiger partial charge in [-0.05, 0) is 12.1 Å². The average molecular weight is 313 g/mol. The maximum atomic E-state index is 12.2. The molecule has 1 rings (SSSR count). The molecular weight excluding hydrogens is 303 g/mol. The van der Waals surface area contributed by atoms with Crippen molar-refractivity contribution >= 4 is 21.4 Å². The number of nitrogens with zero attached hydrogens (tertiary/aromatic N) is 2.